The molecular formula is C52H90O12. The number of esters is 2. The Morgan fingerprint density at radius 2 is 1.14 bits per heavy atom. The van der Waals surface area contributed by atoms with Crippen molar-refractivity contribution in [2.75, 3.05) is 13.2 Å². The maximum Gasteiger partial charge on any atom is 0.302 e. The zero-order valence-electron chi connectivity index (χ0n) is 40.0. The van der Waals surface area contributed by atoms with Gasteiger partial charge in [0.25, 0.3) is 0 Å². The molecule has 0 aromatic carbocycles. The van der Waals surface area contributed by atoms with Gasteiger partial charge in [-0.3, -0.25) is 14.4 Å². The molecule has 0 saturated heterocycles. The predicted molar refractivity (Wildman–Crippen MR) is 255 cm³/mol. The van der Waals surface area contributed by atoms with Crippen molar-refractivity contribution in [2.24, 2.45) is 11.8 Å². The van der Waals surface area contributed by atoms with E-state index in [2.05, 4.69) is 19.4 Å². The van der Waals surface area contributed by atoms with Crippen molar-refractivity contribution in [3.05, 3.63) is 37.0 Å². The van der Waals surface area contributed by atoms with Gasteiger partial charge < -0.3 is 44.9 Å². The lowest BCUT2D eigenvalue weighted by molar-refractivity contribution is -0.147. The number of aliphatic hydroxyl groups is 6. The molecule has 64 heavy (non-hydrogen) atoms. The molecule has 12 heteroatoms. The number of aldehydes is 1. The molecule has 0 aromatic heterocycles. The molecule has 0 aliphatic heterocycles. The zero-order chi connectivity index (χ0) is 48.2. The first kappa shape index (κ1) is 62.9. The fourth-order valence-corrected chi connectivity index (χ4v) is 7.24. The van der Waals surface area contributed by atoms with Crippen molar-refractivity contribution in [1.29, 1.82) is 0 Å². The molecule has 1 aliphatic rings. The summed E-state index contributed by atoms with van der Waals surface area (Å²) in [6.45, 7) is 8.36. The Hall–Kier alpha value is -3.18. The third-order valence-corrected chi connectivity index (χ3v) is 11.0. The van der Waals surface area contributed by atoms with Gasteiger partial charge >= 0.3 is 11.9 Å². The molecule has 370 valence electrons. The molecular weight excluding hydrogens is 817 g/mol. The van der Waals surface area contributed by atoms with E-state index >= 15 is 0 Å². The average molecular weight is 907 g/mol. The SMILES string of the molecule is C#CCCCCCCCCCCCC(O)CC(O)COC(C)=O.C=CCCCCCCCCCCCC(O)CC(O)COC(C)=O.CCCC=CC=CC1CC(O)C(O)C(=O)C1C=O. The van der Waals surface area contributed by atoms with E-state index < -0.39 is 60.3 Å². The number of aliphatic hydroxyl groups excluding tert-OH is 6. The number of ketones is 1. The molecule has 0 spiro atoms. The number of hydrogen-bond donors (Lipinski definition) is 6. The minimum Gasteiger partial charge on any atom is -0.463 e. The summed E-state index contributed by atoms with van der Waals surface area (Å²) in [5, 5.41) is 57.8. The monoisotopic (exact) mass is 907 g/mol. The average Bonchev–Trinajstić information content (AvgIpc) is 3.25. The molecule has 0 bridgehead atoms. The molecule has 12 nitrogen and oxygen atoms in total. The predicted octanol–water partition coefficient (Wildman–Crippen LogP) is 8.75. The summed E-state index contributed by atoms with van der Waals surface area (Å²) in [5.74, 6) is 0.0876. The van der Waals surface area contributed by atoms with E-state index in [-0.39, 0.29) is 38.4 Å². The number of carbonyl (C=O) groups excluding carboxylic acids is 4. The summed E-state index contributed by atoms with van der Waals surface area (Å²) in [7, 11) is 0. The second-order valence-electron chi connectivity index (χ2n) is 17.2. The van der Waals surface area contributed by atoms with E-state index in [4.69, 9.17) is 15.9 Å². The highest BCUT2D eigenvalue weighted by molar-refractivity contribution is 5.97. The summed E-state index contributed by atoms with van der Waals surface area (Å²) in [6.07, 6.45) is 38.3. The first-order chi connectivity index (χ1) is 30.7. The number of hydrogen-bond acceptors (Lipinski definition) is 12. The molecule has 0 heterocycles. The Balaban J connectivity index is 0. The number of allylic oxidation sites excluding steroid dienone is 5. The molecule has 1 rings (SSSR count). The van der Waals surface area contributed by atoms with Gasteiger partial charge in [-0.15, -0.1) is 18.9 Å². The first-order valence-corrected chi connectivity index (χ1v) is 24.5. The minimum absolute atomic E-state index is 0.0286. The maximum absolute atomic E-state index is 11.6. The summed E-state index contributed by atoms with van der Waals surface area (Å²) in [5.41, 5.74) is 0. The summed E-state index contributed by atoms with van der Waals surface area (Å²) < 4.78 is 9.42. The van der Waals surface area contributed by atoms with Crippen LogP contribution in [0.25, 0.3) is 0 Å². The number of terminal acetylenes is 1. The highest BCUT2D eigenvalue weighted by atomic mass is 16.5. The van der Waals surface area contributed by atoms with Gasteiger partial charge in [0, 0.05) is 33.1 Å². The van der Waals surface area contributed by atoms with Crippen LogP contribution in [0.2, 0.25) is 0 Å². The topological polar surface area (TPSA) is 208 Å². The smallest absolute Gasteiger partial charge is 0.302 e. The van der Waals surface area contributed by atoms with Crippen LogP contribution in [-0.4, -0.2) is 104 Å². The fraction of sp³-hybridized carbons (Fsp3) is 0.769. The fourth-order valence-electron chi connectivity index (χ4n) is 7.24. The Kier molecular flexibility index (Phi) is 44.2. The lowest BCUT2D eigenvalue weighted by Gasteiger charge is -2.31. The standard InChI is InChI=1S/C19H36O4.C19H34O4.C14H20O4/c2*1-3-4-5-6-7-8-9-10-11-12-13-14-18(21)15-19(22)16-23-17(2)20;1-2-3-4-5-6-7-10-8-12(16)14(18)13(17)11(10)9-15/h3,18-19,21-22H,1,4-16H2,2H3;1,18-19,21-22H,4-16H2,2H3;4-7,9-12,14,16,18H,2-3,8H2,1H3. The quantitative estimate of drug-likeness (QED) is 0.00664. The van der Waals surface area contributed by atoms with Crippen LogP contribution in [0, 0.1) is 24.2 Å². The van der Waals surface area contributed by atoms with E-state index in [0.717, 1.165) is 57.8 Å². The summed E-state index contributed by atoms with van der Waals surface area (Å²) in [6, 6.07) is 0. The molecule has 0 aromatic rings. The van der Waals surface area contributed by atoms with Crippen LogP contribution in [0.15, 0.2) is 37.0 Å². The van der Waals surface area contributed by atoms with Crippen LogP contribution >= 0.6 is 0 Å². The van der Waals surface area contributed by atoms with Gasteiger partial charge in [-0.25, -0.2) is 0 Å². The Bertz CT molecular complexity index is 1260. The number of rotatable bonds is 36. The normalized spacial score (nSPS) is 19.0. The second kappa shape index (κ2) is 45.0. The molecule has 1 saturated carbocycles. The molecule has 6 N–H and O–H groups in total. The van der Waals surface area contributed by atoms with Crippen LogP contribution in [0.5, 0.6) is 0 Å². The molecule has 0 amide bonds. The molecule has 8 unspecified atom stereocenters. The zero-order valence-corrected chi connectivity index (χ0v) is 40.0. The van der Waals surface area contributed by atoms with Gasteiger partial charge in [0.15, 0.2) is 5.78 Å². The number of unbranched alkanes of at least 4 members (excludes halogenated alkanes) is 19. The van der Waals surface area contributed by atoms with Gasteiger partial charge in [-0.2, -0.15) is 0 Å². The van der Waals surface area contributed by atoms with E-state index in [1.54, 1.807) is 12.2 Å². The van der Waals surface area contributed by atoms with Gasteiger partial charge in [0.05, 0.1) is 36.4 Å². The number of carbonyl (C=O) groups is 4. The largest absolute Gasteiger partial charge is 0.463 e. The Morgan fingerprint density at radius 1 is 0.703 bits per heavy atom. The molecule has 0 radical (unpaired) electrons. The Morgan fingerprint density at radius 3 is 1.55 bits per heavy atom. The summed E-state index contributed by atoms with van der Waals surface area (Å²) >= 11 is 0. The van der Waals surface area contributed by atoms with Crippen molar-refractivity contribution in [2.45, 2.75) is 231 Å². The van der Waals surface area contributed by atoms with Crippen molar-refractivity contribution < 1.29 is 59.3 Å². The van der Waals surface area contributed by atoms with Crippen LogP contribution in [0.4, 0.5) is 0 Å². The lowest BCUT2D eigenvalue weighted by Crippen LogP contribution is -2.47. The lowest BCUT2D eigenvalue weighted by atomic mass is 9.76. The third-order valence-electron chi connectivity index (χ3n) is 11.0. The van der Waals surface area contributed by atoms with Gasteiger partial charge in [-0.05, 0) is 50.9 Å². The van der Waals surface area contributed by atoms with Crippen molar-refractivity contribution in [1.82, 2.24) is 0 Å². The van der Waals surface area contributed by atoms with Crippen molar-refractivity contribution in [3.8, 4) is 12.3 Å². The highest BCUT2D eigenvalue weighted by Gasteiger charge is 2.41. The van der Waals surface area contributed by atoms with E-state index in [0.29, 0.717) is 19.1 Å². The van der Waals surface area contributed by atoms with Crippen LogP contribution in [-0.2, 0) is 28.7 Å². The molecule has 1 fully saturated rings. The first-order valence-electron chi connectivity index (χ1n) is 24.5. The van der Waals surface area contributed by atoms with Crippen molar-refractivity contribution in [3.63, 3.8) is 0 Å². The summed E-state index contributed by atoms with van der Waals surface area (Å²) in [4.78, 5) is 43.8. The van der Waals surface area contributed by atoms with Crippen LogP contribution in [0.1, 0.15) is 194 Å². The van der Waals surface area contributed by atoms with E-state index in [1.165, 1.54) is 97.3 Å². The van der Waals surface area contributed by atoms with Crippen LogP contribution in [0.3, 0.4) is 0 Å². The highest BCUT2D eigenvalue weighted by Crippen LogP contribution is 2.28. The number of ether oxygens (including phenoxy) is 2. The van der Waals surface area contributed by atoms with Gasteiger partial charge in [-0.1, -0.05) is 146 Å². The van der Waals surface area contributed by atoms with Crippen LogP contribution < -0.4 is 0 Å². The van der Waals surface area contributed by atoms with Gasteiger partial charge in [0.1, 0.15) is 25.6 Å². The molecule has 8 atom stereocenters. The van der Waals surface area contributed by atoms with E-state index in [1.807, 2.05) is 18.2 Å². The number of Topliss-reactive ketones (excluding diaryl/α,β-unsaturated/α-hetero) is 1. The van der Waals surface area contributed by atoms with Gasteiger partial charge in [0.2, 0.25) is 0 Å². The van der Waals surface area contributed by atoms with E-state index in [9.17, 15) is 49.8 Å². The maximum atomic E-state index is 11.6. The second-order valence-corrected chi connectivity index (χ2v) is 17.2. The minimum atomic E-state index is -1.43. The third kappa shape index (κ3) is 40.3. The Labute approximate surface area is 387 Å². The molecule has 1 aliphatic carbocycles. The van der Waals surface area contributed by atoms with Crippen molar-refractivity contribution >= 4 is 24.0 Å².